The van der Waals surface area contributed by atoms with Crippen LogP contribution in [0.1, 0.15) is 55.8 Å². The van der Waals surface area contributed by atoms with Crippen LogP contribution >= 0.6 is 0 Å². The molecule has 1 aliphatic rings. The van der Waals surface area contributed by atoms with Crippen LogP contribution in [0.3, 0.4) is 0 Å². The van der Waals surface area contributed by atoms with Crippen LogP contribution in [0.4, 0.5) is 4.39 Å². The van der Waals surface area contributed by atoms with Crippen LogP contribution in [0.2, 0.25) is 0 Å². The maximum absolute atomic E-state index is 13.4. The molecule has 2 nitrogen and oxygen atoms in total. The Kier molecular flexibility index (Phi) is 4.03. The Morgan fingerprint density at radius 3 is 2.28 bits per heavy atom. The Morgan fingerprint density at radius 2 is 1.72 bits per heavy atom. The zero-order valence-electron chi connectivity index (χ0n) is 10.8. The molecule has 0 saturated heterocycles. The molecule has 1 aliphatic carbocycles. The second-order valence-electron chi connectivity index (χ2n) is 5.48. The van der Waals surface area contributed by atoms with Crippen LogP contribution in [0, 0.1) is 12.7 Å². The normalized spacial score (nSPS) is 21.3. The first kappa shape index (κ1) is 13.5. The number of hydrogen-bond acceptors (Lipinski definition) is 2. The van der Waals surface area contributed by atoms with Gasteiger partial charge < -0.3 is 10.2 Å². The molecule has 0 aliphatic heterocycles. The van der Waals surface area contributed by atoms with Crippen molar-refractivity contribution in [3.8, 4) is 0 Å². The molecule has 0 amide bonds. The molecule has 0 aromatic heterocycles. The lowest BCUT2D eigenvalue weighted by molar-refractivity contribution is -0.0868. The third kappa shape index (κ3) is 2.90. The second-order valence-corrected chi connectivity index (χ2v) is 5.48. The summed E-state index contributed by atoms with van der Waals surface area (Å²) < 4.78 is 13.4. The van der Waals surface area contributed by atoms with E-state index in [1.165, 1.54) is 12.1 Å². The van der Waals surface area contributed by atoms with Crippen LogP contribution in [0.5, 0.6) is 0 Å². The highest BCUT2D eigenvalue weighted by Crippen LogP contribution is 2.37. The molecule has 1 saturated carbocycles. The van der Waals surface area contributed by atoms with E-state index in [1.807, 2.05) is 0 Å². The van der Waals surface area contributed by atoms with E-state index in [2.05, 4.69) is 0 Å². The standard InChI is InChI=1S/C15H21FO2/c1-11-8-12(10-13(16)9-11)14(17)15(18)6-4-2-3-5-7-15/h8-10,14,17-18H,2-7H2,1H3. The molecule has 1 aromatic carbocycles. The van der Waals surface area contributed by atoms with E-state index in [0.717, 1.165) is 31.2 Å². The van der Waals surface area contributed by atoms with Gasteiger partial charge in [-0.3, -0.25) is 0 Å². The molecule has 2 N–H and O–H groups in total. The number of halogens is 1. The first-order valence-electron chi connectivity index (χ1n) is 6.69. The average molecular weight is 252 g/mol. The van der Waals surface area contributed by atoms with Crippen molar-refractivity contribution in [2.24, 2.45) is 0 Å². The van der Waals surface area contributed by atoms with E-state index >= 15 is 0 Å². The molecule has 0 bridgehead atoms. The number of aliphatic hydroxyl groups is 2. The van der Waals surface area contributed by atoms with E-state index in [-0.39, 0.29) is 5.82 Å². The minimum absolute atomic E-state index is 0.360. The molecule has 1 atom stereocenters. The van der Waals surface area contributed by atoms with Crippen LogP contribution < -0.4 is 0 Å². The third-order valence-electron chi connectivity index (χ3n) is 3.86. The minimum Gasteiger partial charge on any atom is -0.387 e. The van der Waals surface area contributed by atoms with E-state index in [0.29, 0.717) is 18.4 Å². The molecule has 2 rings (SSSR count). The van der Waals surface area contributed by atoms with Gasteiger partial charge in [0.25, 0.3) is 0 Å². The minimum atomic E-state index is -1.10. The Labute approximate surface area is 107 Å². The highest BCUT2D eigenvalue weighted by atomic mass is 19.1. The van der Waals surface area contributed by atoms with Gasteiger partial charge in [-0.25, -0.2) is 4.39 Å². The van der Waals surface area contributed by atoms with Crippen molar-refractivity contribution < 1.29 is 14.6 Å². The van der Waals surface area contributed by atoms with E-state index in [1.54, 1.807) is 13.0 Å². The number of aryl methyl sites for hydroxylation is 1. The van der Waals surface area contributed by atoms with Crippen molar-refractivity contribution in [1.82, 2.24) is 0 Å². The molecular formula is C15H21FO2. The highest BCUT2D eigenvalue weighted by Gasteiger charge is 2.36. The summed E-state index contributed by atoms with van der Waals surface area (Å²) in [5.41, 5.74) is 0.148. The molecule has 18 heavy (non-hydrogen) atoms. The summed E-state index contributed by atoms with van der Waals surface area (Å²) in [7, 11) is 0. The van der Waals surface area contributed by atoms with Crippen LogP contribution in [0.25, 0.3) is 0 Å². The lowest BCUT2D eigenvalue weighted by atomic mass is 9.84. The molecule has 0 spiro atoms. The topological polar surface area (TPSA) is 40.5 Å². The van der Waals surface area contributed by atoms with Crippen molar-refractivity contribution in [3.63, 3.8) is 0 Å². The molecular weight excluding hydrogens is 231 g/mol. The molecule has 1 unspecified atom stereocenters. The first-order chi connectivity index (χ1) is 8.51. The Morgan fingerprint density at radius 1 is 1.11 bits per heavy atom. The summed E-state index contributed by atoms with van der Waals surface area (Å²) >= 11 is 0. The fourth-order valence-corrected chi connectivity index (χ4v) is 2.85. The van der Waals surface area contributed by atoms with Crippen LogP contribution in [0.15, 0.2) is 18.2 Å². The largest absolute Gasteiger partial charge is 0.387 e. The molecule has 0 radical (unpaired) electrons. The van der Waals surface area contributed by atoms with Gasteiger partial charge in [-0.2, -0.15) is 0 Å². The fourth-order valence-electron chi connectivity index (χ4n) is 2.85. The van der Waals surface area contributed by atoms with Crippen LogP contribution in [-0.2, 0) is 0 Å². The molecule has 3 heteroatoms. The van der Waals surface area contributed by atoms with Crippen molar-refractivity contribution in [2.75, 3.05) is 0 Å². The van der Waals surface area contributed by atoms with Gasteiger partial charge in [-0.15, -0.1) is 0 Å². The highest BCUT2D eigenvalue weighted by molar-refractivity contribution is 5.27. The Bertz CT molecular complexity index is 389. The van der Waals surface area contributed by atoms with Gasteiger partial charge in [-0.05, 0) is 43.0 Å². The summed E-state index contributed by atoms with van der Waals surface area (Å²) in [6.45, 7) is 1.79. The maximum Gasteiger partial charge on any atom is 0.123 e. The summed E-state index contributed by atoms with van der Waals surface area (Å²) in [4.78, 5) is 0. The smallest absolute Gasteiger partial charge is 0.123 e. The summed E-state index contributed by atoms with van der Waals surface area (Å²) in [6.07, 6.45) is 4.20. The van der Waals surface area contributed by atoms with Gasteiger partial charge >= 0.3 is 0 Å². The van der Waals surface area contributed by atoms with Gasteiger partial charge in [0.15, 0.2) is 0 Å². The summed E-state index contributed by atoms with van der Waals surface area (Å²) in [5, 5.41) is 20.9. The van der Waals surface area contributed by atoms with Gasteiger partial charge in [0, 0.05) is 0 Å². The predicted molar refractivity (Wildman–Crippen MR) is 68.7 cm³/mol. The Balaban J connectivity index is 2.25. The quantitative estimate of drug-likeness (QED) is 0.793. The number of aliphatic hydroxyl groups excluding tert-OH is 1. The average Bonchev–Trinajstić information content (AvgIpc) is 2.53. The number of hydrogen-bond donors (Lipinski definition) is 2. The van der Waals surface area contributed by atoms with Gasteiger partial charge in [0.1, 0.15) is 11.9 Å². The van der Waals surface area contributed by atoms with Crippen molar-refractivity contribution in [1.29, 1.82) is 0 Å². The second kappa shape index (κ2) is 5.37. The van der Waals surface area contributed by atoms with Gasteiger partial charge in [-0.1, -0.05) is 31.7 Å². The molecule has 0 heterocycles. The van der Waals surface area contributed by atoms with Crippen molar-refractivity contribution >= 4 is 0 Å². The molecule has 100 valence electrons. The molecule has 1 fully saturated rings. The zero-order valence-corrected chi connectivity index (χ0v) is 10.8. The third-order valence-corrected chi connectivity index (χ3v) is 3.86. The summed E-state index contributed by atoms with van der Waals surface area (Å²) in [6, 6.07) is 4.49. The molecule has 1 aromatic rings. The maximum atomic E-state index is 13.4. The van der Waals surface area contributed by atoms with Gasteiger partial charge in [0.05, 0.1) is 5.60 Å². The lowest BCUT2D eigenvalue weighted by Gasteiger charge is -2.32. The van der Waals surface area contributed by atoms with Crippen molar-refractivity contribution in [3.05, 3.63) is 35.1 Å². The van der Waals surface area contributed by atoms with Crippen molar-refractivity contribution in [2.45, 2.75) is 57.2 Å². The fraction of sp³-hybridized carbons (Fsp3) is 0.600. The lowest BCUT2D eigenvalue weighted by Crippen LogP contribution is -2.35. The monoisotopic (exact) mass is 252 g/mol. The van der Waals surface area contributed by atoms with Gasteiger partial charge in [0.2, 0.25) is 0 Å². The summed E-state index contributed by atoms with van der Waals surface area (Å²) in [5.74, 6) is -0.360. The van der Waals surface area contributed by atoms with E-state index in [9.17, 15) is 14.6 Å². The number of benzene rings is 1. The Hall–Kier alpha value is -0.930. The first-order valence-corrected chi connectivity index (χ1v) is 6.69. The zero-order chi connectivity index (χ0) is 13.2. The predicted octanol–water partition coefficient (Wildman–Crippen LogP) is 3.25. The van der Waals surface area contributed by atoms with Crippen LogP contribution in [-0.4, -0.2) is 15.8 Å². The van der Waals surface area contributed by atoms with E-state index < -0.39 is 11.7 Å². The van der Waals surface area contributed by atoms with E-state index in [4.69, 9.17) is 0 Å². The number of rotatable bonds is 2. The SMILES string of the molecule is Cc1cc(F)cc(C(O)C2(O)CCCCCC2)c1.